The summed E-state index contributed by atoms with van der Waals surface area (Å²) in [7, 11) is 1.66. The van der Waals surface area contributed by atoms with Crippen LogP contribution in [0.3, 0.4) is 0 Å². The van der Waals surface area contributed by atoms with Gasteiger partial charge in [0.2, 0.25) is 0 Å². The second-order valence-electron chi connectivity index (χ2n) is 7.94. The SMILES string of the molecule is COc1ccc(-c2nc(Sc3nc(-c4ccc(C)cc4)n4ccccc34)c3ccc#cn23)cc1. The molecule has 0 fully saturated rings. The van der Waals surface area contributed by atoms with Gasteiger partial charge in [0.15, 0.2) is 5.82 Å². The Kier molecular flexibility index (Phi) is 4.97. The standard InChI is InChI=1S/C28H20N4OS/c1-19-9-11-20(12-10-19)25-29-27(23-7-3-5-17-31(23)25)34-28-24-8-4-6-18-32(24)26(30-28)21-13-15-22(33-2)16-14-21/h3-5,7-17H,1-2H3. The molecule has 0 amide bonds. The lowest BCUT2D eigenvalue weighted by molar-refractivity contribution is 0.415. The van der Waals surface area contributed by atoms with Crippen molar-refractivity contribution < 1.29 is 4.74 Å². The lowest BCUT2D eigenvalue weighted by atomic mass is 10.1. The van der Waals surface area contributed by atoms with E-state index in [1.54, 1.807) is 18.9 Å². The number of aryl methyl sites for hydroxylation is 1. The number of imidazole rings is 2. The van der Waals surface area contributed by atoms with Gasteiger partial charge in [-0.05, 0) is 67.2 Å². The maximum atomic E-state index is 5.31. The van der Waals surface area contributed by atoms with Crippen LogP contribution < -0.4 is 4.74 Å². The molecule has 0 radical (unpaired) electrons. The summed E-state index contributed by atoms with van der Waals surface area (Å²) in [6.45, 7) is 2.09. The van der Waals surface area contributed by atoms with E-state index >= 15 is 0 Å². The molecule has 0 N–H and O–H groups in total. The van der Waals surface area contributed by atoms with Crippen molar-refractivity contribution in [1.82, 2.24) is 18.8 Å². The Hall–Kier alpha value is -4.21. The molecular formula is C28H20N4OS. The van der Waals surface area contributed by atoms with Gasteiger partial charge in [0.25, 0.3) is 0 Å². The van der Waals surface area contributed by atoms with E-state index in [-0.39, 0.29) is 0 Å². The molecular weight excluding hydrogens is 440 g/mol. The highest BCUT2D eigenvalue weighted by Crippen LogP contribution is 2.37. The van der Waals surface area contributed by atoms with Crippen LogP contribution in [0.5, 0.6) is 5.75 Å². The Morgan fingerprint density at radius 1 is 0.794 bits per heavy atom. The maximum Gasteiger partial charge on any atom is 0.153 e. The van der Waals surface area contributed by atoms with Gasteiger partial charge in [0.05, 0.1) is 18.1 Å². The molecule has 0 bridgehead atoms. The van der Waals surface area contributed by atoms with Crippen molar-refractivity contribution >= 4 is 22.8 Å². The molecule has 34 heavy (non-hydrogen) atoms. The lowest BCUT2D eigenvalue weighted by Crippen LogP contribution is -1.88. The summed E-state index contributed by atoms with van der Waals surface area (Å²) >= 11 is 1.57. The van der Waals surface area contributed by atoms with Crippen LogP contribution in [0, 0.1) is 19.2 Å². The van der Waals surface area contributed by atoms with Crippen molar-refractivity contribution in [3.05, 3.63) is 103 Å². The van der Waals surface area contributed by atoms with Crippen molar-refractivity contribution in [2.45, 2.75) is 17.0 Å². The number of hydrogen-bond acceptors (Lipinski definition) is 4. The Morgan fingerprint density at radius 2 is 1.50 bits per heavy atom. The zero-order valence-electron chi connectivity index (χ0n) is 18.7. The number of aromatic nitrogens is 4. The van der Waals surface area contributed by atoms with Crippen molar-refractivity contribution in [2.24, 2.45) is 0 Å². The van der Waals surface area contributed by atoms with E-state index in [1.807, 2.05) is 52.9 Å². The molecule has 0 atom stereocenters. The van der Waals surface area contributed by atoms with E-state index in [4.69, 9.17) is 14.7 Å². The first-order valence-corrected chi connectivity index (χ1v) is 11.7. The smallest absolute Gasteiger partial charge is 0.153 e. The number of fused-ring (bicyclic) bond motifs is 2. The van der Waals surface area contributed by atoms with Crippen LogP contribution in [-0.4, -0.2) is 25.9 Å². The molecule has 2 aromatic carbocycles. The molecule has 0 aliphatic rings. The summed E-state index contributed by atoms with van der Waals surface area (Å²) in [5.41, 5.74) is 5.29. The van der Waals surface area contributed by atoms with E-state index in [0.29, 0.717) is 0 Å². The summed E-state index contributed by atoms with van der Waals surface area (Å²) in [6, 6.07) is 29.4. The molecule has 4 heterocycles. The summed E-state index contributed by atoms with van der Waals surface area (Å²) < 4.78 is 9.39. The highest BCUT2D eigenvalue weighted by atomic mass is 32.2. The Balaban J connectivity index is 1.47. The third kappa shape index (κ3) is 3.47. The van der Waals surface area contributed by atoms with Crippen molar-refractivity contribution in [1.29, 1.82) is 0 Å². The molecule has 6 rings (SSSR count). The molecule has 4 aromatic heterocycles. The Bertz CT molecular complexity index is 1620. The second-order valence-corrected chi connectivity index (χ2v) is 8.92. The largest absolute Gasteiger partial charge is 0.497 e. The molecule has 6 aromatic rings. The predicted molar refractivity (Wildman–Crippen MR) is 134 cm³/mol. The van der Waals surface area contributed by atoms with Crippen LogP contribution in [0.15, 0.2) is 95.1 Å². The molecule has 164 valence electrons. The monoisotopic (exact) mass is 460 g/mol. The van der Waals surface area contributed by atoms with Crippen LogP contribution in [0.25, 0.3) is 33.8 Å². The Labute approximate surface area is 201 Å². The number of rotatable bonds is 5. The fraction of sp³-hybridized carbons (Fsp3) is 0.0714. The summed E-state index contributed by atoms with van der Waals surface area (Å²) in [5.74, 6) is 2.53. The van der Waals surface area contributed by atoms with Gasteiger partial charge in [0.1, 0.15) is 21.6 Å². The second kappa shape index (κ2) is 8.29. The van der Waals surface area contributed by atoms with Crippen LogP contribution in [0.4, 0.5) is 0 Å². The minimum absolute atomic E-state index is 0.805. The zero-order valence-corrected chi connectivity index (χ0v) is 19.5. The first-order chi connectivity index (χ1) is 16.7. The van der Waals surface area contributed by atoms with Crippen molar-refractivity contribution in [3.63, 3.8) is 0 Å². The molecule has 0 unspecified atom stereocenters. The number of ether oxygens (including phenoxy) is 1. The molecule has 0 spiro atoms. The molecule has 5 nitrogen and oxygen atoms in total. The summed E-state index contributed by atoms with van der Waals surface area (Å²) in [4.78, 5) is 10.0. The minimum Gasteiger partial charge on any atom is -0.497 e. The van der Waals surface area contributed by atoms with Crippen molar-refractivity contribution in [2.75, 3.05) is 7.11 Å². The summed E-state index contributed by atoms with van der Waals surface area (Å²) in [5, 5.41) is 1.78. The van der Waals surface area contributed by atoms with Gasteiger partial charge in [0, 0.05) is 23.5 Å². The van der Waals surface area contributed by atoms with Crippen LogP contribution in [0.1, 0.15) is 5.56 Å². The summed E-state index contributed by atoms with van der Waals surface area (Å²) in [6.07, 6.45) is 5.24. The third-order valence-corrected chi connectivity index (χ3v) is 6.73. The van der Waals surface area contributed by atoms with Gasteiger partial charge in [-0.3, -0.25) is 4.40 Å². The van der Waals surface area contributed by atoms with Gasteiger partial charge in [-0.15, -0.1) is 0 Å². The first kappa shape index (κ1) is 20.4. The van der Waals surface area contributed by atoms with E-state index in [2.05, 4.69) is 60.1 Å². The first-order valence-electron chi connectivity index (χ1n) is 10.9. The maximum absolute atomic E-state index is 5.31. The van der Waals surface area contributed by atoms with E-state index < -0.39 is 0 Å². The molecule has 0 aliphatic heterocycles. The predicted octanol–water partition coefficient (Wildman–Crippen LogP) is 6.38. The quantitative estimate of drug-likeness (QED) is 0.299. The molecule has 0 saturated heterocycles. The molecule has 0 saturated carbocycles. The van der Waals surface area contributed by atoms with E-state index in [0.717, 1.165) is 49.6 Å². The average Bonchev–Trinajstić information content (AvgIpc) is 3.44. The number of methoxy groups -OCH3 is 1. The van der Waals surface area contributed by atoms with Crippen LogP contribution in [0.2, 0.25) is 0 Å². The topological polar surface area (TPSA) is 43.8 Å². The highest BCUT2D eigenvalue weighted by Gasteiger charge is 2.18. The zero-order chi connectivity index (χ0) is 23.1. The van der Waals surface area contributed by atoms with E-state index in [9.17, 15) is 0 Å². The van der Waals surface area contributed by atoms with Gasteiger partial charge in [-0.2, -0.15) is 0 Å². The fourth-order valence-electron chi connectivity index (χ4n) is 3.99. The van der Waals surface area contributed by atoms with E-state index in [1.165, 1.54) is 5.56 Å². The number of nitrogens with zero attached hydrogens (tertiary/aromatic N) is 4. The van der Waals surface area contributed by atoms with Crippen LogP contribution in [-0.2, 0) is 0 Å². The Morgan fingerprint density at radius 3 is 2.29 bits per heavy atom. The number of benzene rings is 2. The van der Waals surface area contributed by atoms with Gasteiger partial charge in [-0.1, -0.05) is 42.0 Å². The van der Waals surface area contributed by atoms with Crippen LogP contribution >= 0.6 is 11.8 Å². The lowest BCUT2D eigenvalue weighted by Gasteiger charge is -2.01. The minimum atomic E-state index is 0.805. The number of pyridine rings is 1. The van der Waals surface area contributed by atoms with Crippen molar-refractivity contribution in [3.8, 4) is 28.5 Å². The average molecular weight is 461 g/mol. The normalized spacial score (nSPS) is 11.1. The molecule has 6 heteroatoms. The van der Waals surface area contributed by atoms with Gasteiger partial charge in [-0.25, -0.2) is 14.4 Å². The highest BCUT2D eigenvalue weighted by molar-refractivity contribution is 7.99. The molecule has 0 aliphatic carbocycles. The van der Waals surface area contributed by atoms with Gasteiger partial charge >= 0.3 is 0 Å². The van der Waals surface area contributed by atoms with Gasteiger partial charge < -0.3 is 4.74 Å². The third-order valence-electron chi connectivity index (χ3n) is 5.75. The fourth-order valence-corrected chi connectivity index (χ4v) is 4.97. The number of hydrogen-bond donors (Lipinski definition) is 0.